The van der Waals surface area contributed by atoms with Gasteiger partial charge in [-0.25, -0.2) is 0 Å². The highest BCUT2D eigenvalue weighted by atomic mass is 79.9. The van der Waals surface area contributed by atoms with Crippen LogP contribution in [0.25, 0.3) is 11.3 Å². The Morgan fingerprint density at radius 2 is 2.15 bits per heavy atom. The van der Waals surface area contributed by atoms with E-state index in [4.69, 9.17) is 11.6 Å². The van der Waals surface area contributed by atoms with Crippen LogP contribution in [0.15, 0.2) is 34.9 Å². The number of aromatic nitrogens is 2. The highest BCUT2D eigenvalue weighted by molar-refractivity contribution is 9.10. The summed E-state index contributed by atoms with van der Waals surface area (Å²) in [4.78, 5) is 0. The number of H-pyrrole nitrogens is 1. The van der Waals surface area contributed by atoms with E-state index in [1.165, 1.54) is 0 Å². The number of nitrogens with zero attached hydrogens (tertiary/aromatic N) is 1. The molecule has 0 radical (unpaired) electrons. The SMILES string of the molecule is Clc1ccc(Br)c(-c2ccn[nH]2)c1. The van der Waals surface area contributed by atoms with Crippen molar-refractivity contribution in [1.29, 1.82) is 0 Å². The van der Waals surface area contributed by atoms with E-state index >= 15 is 0 Å². The van der Waals surface area contributed by atoms with Crippen LogP contribution in [0.5, 0.6) is 0 Å². The molecule has 1 N–H and O–H groups in total. The molecule has 0 spiro atoms. The van der Waals surface area contributed by atoms with Gasteiger partial charge in [-0.3, -0.25) is 5.10 Å². The van der Waals surface area contributed by atoms with Gasteiger partial charge in [0.25, 0.3) is 0 Å². The summed E-state index contributed by atoms with van der Waals surface area (Å²) >= 11 is 9.32. The summed E-state index contributed by atoms with van der Waals surface area (Å²) in [5.74, 6) is 0. The van der Waals surface area contributed by atoms with Crippen molar-refractivity contribution < 1.29 is 0 Å². The largest absolute Gasteiger partial charge is 0.278 e. The third-order valence-electron chi connectivity index (χ3n) is 1.72. The van der Waals surface area contributed by atoms with Crippen molar-refractivity contribution in [1.82, 2.24) is 10.2 Å². The Morgan fingerprint density at radius 1 is 1.31 bits per heavy atom. The standard InChI is InChI=1S/C9H6BrClN2/c10-8-2-1-6(11)5-7(8)9-3-4-12-13-9/h1-5H,(H,12,13). The van der Waals surface area contributed by atoms with Gasteiger partial charge in [0.05, 0.1) is 5.69 Å². The minimum Gasteiger partial charge on any atom is -0.278 e. The second-order valence-corrected chi connectivity index (χ2v) is 3.89. The number of aromatic amines is 1. The summed E-state index contributed by atoms with van der Waals surface area (Å²) in [6.45, 7) is 0. The Balaban J connectivity index is 2.57. The number of hydrogen-bond donors (Lipinski definition) is 1. The number of halogens is 2. The maximum absolute atomic E-state index is 5.88. The lowest BCUT2D eigenvalue weighted by Gasteiger charge is -2.01. The molecule has 1 heterocycles. The van der Waals surface area contributed by atoms with Gasteiger partial charge in [-0.05, 0) is 24.3 Å². The number of hydrogen-bond acceptors (Lipinski definition) is 1. The minimum absolute atomic E-state index is 0.716. The average Bonchev–Trinajstić information content (AvgIpc) is 2.61. The second kappa shape index (κ2) is 3.52. The van der Waals surface area contributed by atoms with Crippen molar-refractivity contribution in [2.24, 2.45) is 0 Å². The Labute approximate surface area is 89.1 Å². The Morgan fingerprint density at radius 3 is 2.85 bits per heavy atom. The van der Waals surface area contributed by atoms with Crippen LogP contribution in [-0.4, -0.2) is 10.2 Å². The Kier molecular flexibility index (Phi) is 2.38. The normalized spacial score (nSPS) is 10.3. The van der Waals surface area contributed by atoms with Crippen molar-refractivity contribution in [3.63, 3.8) is 0 Å². The zero-order chi connectivity index (χ0) is 9.26. The quantitative estimate of drug-likeness (QED) is 0.832. The van der Waals surface area contributed by atoms with Crippen LogP contribution in [0, 0.1) is 0 Å². The van der Waals surface area contributed by atoms with Crippen molar-refractivity contribution in [2.45, 2.75) is 0 Å². The van der Waals surface area contributed by atoms with Gasteiger partial charge < -0.3 is 0 Å². The molecule has 0 aliphatic heterocycles. The van der Waals surface area contributed by atoms with E-state index in [2.05, 4.69) is 26.1 Å². The van der Waals surface area contributed by atoms with Crippen molar-refractivity contribution in [3.05, 3.63) is 40.0 Å². The van der Waals surface area contributed by atoms with Crippen LogP contribution >= 0.6 is 27.5 Å². The molecule has 1 aromatic carbocycles. The summed E-state index contributed by atoms with van der Waals surface area (Å²) in [5.41, 5.74) is 1.97. The van der Waals surface area contributed by atoms with Crippen LogP contribution in [-0.2, 0) is 0 Å². The van der Waals surface area contributed by atoms with Gasteiger partial charge in [0.1, 0.15) is 0 Å². The van der Waals surface area contributed by atoms with Gasteiger partial charge >= 0.3 is 0 Å². The molecule has 0 saturated heterocycles. The van der Waals surface area contributed by atoms with E-state index in [0.717, 1.165) is 15.7 Å². The molecule has 2 rings (SSSR count). The molecule has 0 saturated carbocycles. The van der Waals surface area contributed by atoms with Gasteiger partial charge in [0, 0.05) is 21.3 Å². The van der Waals surface area contributed by atoms with E-state index in [1.807, 2.05) is 24.3 Å². The molecule has 1 aromatic heterocycles. The molecule has 0 unspecified atom stereocenters. The zero-order valence-corrected chi connectivity index (χ0v) is 8.93. The molecule has 66 valence electrons. The molecule has 0 aliphatic carbocycles. The topological polar surface area (TPSA) is 28.7 Å². The predicted molar refractivity (Wildman–Crippen MR) is 56.7 cm³/mol. The average molecular weight is 258 g/mol. The molecule has 13 heavy (non-hydrogen) atoms. The molecule has 2 nitrogen and oxygen atoms in total. The molecule has 0 aliphatic rings. The predicted octanol–water partition coefficient (Wildman–Crippen LogP) is 3.49. The van der Waals surface area contributed by atoms with Crippen LogP contribution in [0.3, 0.4) is 0 Å². The zero-order valence-electron chi connectivity index (χ0n) is 6.59. The van der Waals surface area contributed by atoms with Crippen LogP contribution in [0.4, 0.5) is 0 Å². The van der Waals surface area contributed by atoms with Gasteiger partial charge in [-0.1, -0.05) is 27.5 Å². The molecular weight excluding hydrogens is 251 g/mol. The van der Waals surface area contributed by atoms with E-state index < -0.39 is 0 Å². The highest BCUT2D eigenvalue weighted by Gasteiger charge is 2.04. The highest BCUT2D eigenvalue weighted by Crippen LogP contribution is 2.28. The first-order chi connectivity index (χ1) is 6.27. The summed E-state index contributed by atoms with van der Waals surface area (Å²) in [7, 11) is 0. The third-order valence-corrected chi connectivity index (χ3v) is 2.65. The summed E-state index contributed by atoms with van der Waals surface area (Å²) in [5, 5.41) is 7.48. The fourth-order valence-corrected chi connectivity index (χ4v) is 1.74. The van der Waals surface area contributed by atoms with Crippen LogP contribution < -0.4 is 0 Å². The minimum atomic E-state index is 0.716. The molecule has 4 heteroatoms. The van der Waals surface area contributed by atoms with Gasteiger partial charge in [0.2, 0.25) is 0 Å². The lowest BCUT2D eigenvalue weighted by atomic mass is 10.2. The van der Waals surface area contributed by atoms with Crippen molar-refractivity contribution in [2.75, 3.05) is 0 Å². The fourth-order valence-electron chi connectivity index (χ4n) is 1.11. The van der Waals surface area contributed by atoms with Gasteiger partial charge in [-0.15, -0.1) is 0 Å². The number of nitrogens with one attached hydrogen (secondary N) is 1. The first-order valence-corrected chi connectivity index (χ1v) is 4.89. The van der Waals surface area contributed by atoms with Crippen LogP contribution in [0.2, 0.25) is 5.02 Å². The smallest absolute Gasteiger partial charge is 0.0662 e. The molecule has 0 bridgehead atoms. The Bertz CT molecular complexity index is 412. The molecule has 2 aromatic rings. The van der Waals surface area contributed by atoms with Crippen molar-refractivity contribution >= 4 is 27.5 Å². The summed E-state index contributed by atoms with van der Waals surface area (Å²) in [6, 6.07) is 7.54. The maximum Gasteiger partial charge on any atom is 0.0662 e. The van der Waals surface area contributed by atoms with Crippen LogP contribution in [0.1, 0.15) is 0 Å². The van der Waals surface area contributed by atoms with Gasteiger partial charge in [-0.2, -0.15) is 5.10 Å². The summed E-state index contributed by atoms with van der Waals surface area (Å²) < 4.78 is 1.00. The number of rotatable bonds is 1. The van der Waals surface area contributed by atoms with E-state index in [0.29, 0.717) is 5.02 Å². The lowest BCUT2D eigenvalue weighted by molar-refractivity contribution is 1.09. The first-order valence-electron chi connectivity index (χ1n) is 3.72. The molecule has 0 atom stereocenters. The molecular formula is C9H6BrClN2. The van der Waals surface area contributed by atoms with E-state index in [-0.39, 0.29) is 0 Å². The Hall–Kier alpha value is -0.800. The monoisotopic (exact) mass is 256 g/mol. The lowest BCUT2D eigenvalue weighted by Crippen LogP contribution is -1.80. The molecule has 0 amide bonds. The first kappa shape index (κ1) is 8.78. The fraction of sp³-hybridized carbons (Fsp3) is 0. The van der Waals surface area contributed by atoms with Crippen molar-refractivity contribution in [3.8, 4) is 11.3 Å². The second-order valence-electron chi connectivity index (χ2n) is 2.59. The third kappa shape index (κ3) is 1.76. The number of benzene rings is 1. The van der Waals surface area contributed by atoms with E-state index in [1.54, 1.807) is 6.20 Å². The van der Waals surface area contributed by atoms with Gasteiger partial charge in [0.15, 0.2) is 0 Å². The maximum atomic E-state index is 5.88. The van der Waals surface area contributed by atoms with E-state index in [9.17, 15) is 0 Å². The molecule has 0 fully saturated rings. The summed E-state index contributed by atoms with van der Waals surface area (Å²) in [6.07, 6.45) is 1.71.